The van der Waals surface area contributed by atoms with E-state index >= 15 is 0 Å². The van der Waals surface area contributed by atoms with Gasteiger partial charge in [-0.25, -0.2) is 0 Å². The van der Waals surface area contributed by atoms with E-state index in [-0.39, 0.29) is 17.6 Å². The van der Waals surface area contributed by atoms with Crippen molar-refractivity contribution in [3.63, 3.8) is 0 Å². The summed E-state index contributed by atoms with van der Waals surface area (Å²) >= 11 is 0. The van der Waals surface area contributed by atoms with Crippen molar-refractivity contribution in [2.75, 3.05) is 17.2 Å². The predicted molar refractivity (Wildman–Crippen MR) is 80.0 cm³/mol. The molecule has 21 heavy (non-hydrogen) atoms. The van der Waals surface area contributed by atoms with Crippen molar-refractivity contribution in [1.82, 2.24) is 0 Å². The van der Waals surface area contributed by atoms with Gasteiger partial charge in [-0.1, -0.05) is 6.07 Å². The lowest BCUT2D eigenvalue weighted by Gasteiger charge is -2.08. The molecule has 110 valence electrons. The van der Waals surface area contributed by atoms with Gasteiger partial charge >= 0.3 is 0 Å². The molecule has 0 atom stereocenters. The summed E-state index contributed by atoms with van der Waals surface area (Å²) in [6.07, 6.45) is 2.45. The maximum Gasteiger partial charge on any atom is 0.291 e. The maximum atomic E-state index is 11.8. The summed E-state index contributed by atoms with van der Waals surface area (Å²) in [5, 5.41) is 5.45. The van der Waals surface area contributed by atoms with E-state index in [2.05, 4.69) is 10.6 Å². The molecule has 0 aliphatic heterocycles. The molecule has 0 radical (unpaired) electrons. The molecule has 1 aromatic carbocycles. The highest BCUT2D eigenvalue weighted by Crippen LogP contribution is 2.16. The van der Waals surface area contributed by atoms with Gasteiger partial charge in [0.25, 0.3) is 5.91 Å². The highest BCUT2D eigenvalue weighted by molar-refractivity contribution is 6.02. The smallest absolute Gasteiger partial charge is 0.291 e. The van der Waals surface area contributed by atoms with Crippen molar-refractivity contribution in [1.29, 1.82) is 0 Å². The Hall–Kier alpha value is -2.60. The first kappa shape index (κ1) is 14.8. The number of carbonyl (C=O) groups excluding carboxylic acids is 2. The first-order valence-electron chi connectivity index (χ1n) is 6.64. The summed E-state index contributed by atoms with van der Waals surface area (Å²) < 4.78 is 5.01. The number of carbonyl (C=O) groups is 2. The van der Waals surface area contributed by atoms with Crippen LogP contribution in [0, 0.1) is 0 Å². The van der Waals surface area contributed by atoms with E-state index < -0.39 is 0 Å². The number of nitrogens with two attached hydrogens (primary N) is 1. The monoisotopic (exact) mass is 287 g/mol. The molecule has 1 heterocycles. The molecule has 2 aromatic rings. The number of nitrogens with one attached hydrogen (secondary N) is 2. The van der Waals surface area contributed by atoms with Gasteiger partial charge in [-0.15, -0.1) is 0 Å². The zero-order valence-corrected chi connectivity index (χ0v) is 11.5. The number of anilines is 2. The summed E-state index contributed by atoms with van der Waals surface area (Å²) in [7, 11) is 0. The van der Waals surface area contributed by atoms with E-state index in [1.54, 1.807) is 36.4 Å². The second-order valence-corrected chi connectivity index (χ2v) is 4.45. The van der Waals surface area contributed by atoms with E-state index in [9.17, 15) is 9.59 Å². The molecule has 0 bridgehead atoms. The van der Waals surface area contributed by atoms with Crippen LogP contribution < -0.4 is 16.4 Å². The fourth-order valence-corrected chi connectivity index (χ4v) is 1.76. The molecule has 0 aliphatic rings. The van der Waals surface area contributed by atoms with Crippen molar-refractivity contribution in [3.8, 4) is 0 Å². The normalized spacial score (nSPS) is 10.1. The molecule has 0 fully saturated rings. The molecule has 0 unspecified atom stereocenters. The molecule has 2 rings (SSSR count). The zero-order valence-electron chi connectivity index (χ0n) is 11.5. The van der Waals surface area contributed by atoms with Crippen LogP contribution in [-0.4, -0.2) is 18.4 Å². The molecule has 0 saturated carbocycles. The topological polar surface area (TPSA) is 97.4 Å². The minimum absolute atomic E-state index is 0.102. The molecular weight excluding hydrogens is 270 g/mol. The van der Waals surface area contributed by atoms with Gasteiger partial charge in [0.2, 0.25) is 5.91 Å². The zero-order chi connectivity index (χ0) is 15.1. The van der Waals surface area contributed by atoms with Crippen molar-refractivity contribution < 1.29 is 14.0 Å². The van der Waals surface area contributed by atoms with Gasteiger partial charge in [0.1, 0.15) is 0 Å². The average molecular weight is 287 g/mol. The van der Waals surface area contributed by atoms with Crippen molar-refractivity contribution >= 4 is 23.2 Å². The van der Waals surface area contributed by atoms with Gasteiger partial charge in [-0.2, -0.15) is 0 Å². The molecule has 1 aromatic heterocycles. The SMILES string of the molecule is NCCCC(=O)Nc1cccc(NC(=O)c2ccco2)c1. The summed E-state index contributed by atoms with van der Waals surface area (Å²) in [6, 6.07) is 10.1. The highest BCUT2D eigenvalue weighted by atomic mass is 16.3. The Labute approximate surface area is 122 Å². The Morgan fingerprint density at radius 2 is 1.86 bits per heavy atom. The third-order valence-corrected chi connectivity index (χ3v) is 2.76. The Morgan fingerprint density at radius 3 is 2.52 bits per heavy atom. The molecule has 0 aliphatic carbocycles. The summed E-state index contributed by atoms with van der Waals surface area (Å²) in [5.41, 5.74) is 6.56. The first-order chi connectivity index (χ1) is 10.2. The minimum atomic E-state index is -0.341. The van der Waals surface area contributed by atoms with Crippen LogP contribution in [0.2, 0.25) is 0 Å². The van der Waals surface area contributed by atoms with Crippen molar-refractivity contribution in [3.05, 3.63) is 48.4 Å². The number of amides is 2. The molecule has 6 nitrogen and oxygen atoms in total. The van der Waals surface area contributed by atoms with Gasteiger partial charge in [-0.3, -0.25) is 9.59 Å². The number of furan rings is 1. The lowest BCUT2D eigenvalue weighted by atomic mass is 10.2. The lowest BCUT2D eigenvalue weighted by molar-refractivity contribution is -0.116. The van der Waals surface area contributed by atoms with Crippen LogP contribution >= 0.6 is 0 Å². The third-order valence-electron chi connectivity index (χ3n) is 2.76. The molecule has 0 saturated heterocycles. The Morgan fingerprint density at radius 1 is 1.10 bits per heavy atom. The van der Waals surface area contributed by atoms with Gasteiger partial charge in [0.05, 0.1) is 6.26 Å². The second kappa shape index (κ2) is 7.25. The van der Waals surface area contributed by atoms with Gasteiger partial charge in [-0.05, 0) is 43.3 Å². The summed E-state index contributed by atoms with van der Waals surface area (Å²) in [6.45, 7) is 0.479. The van der Waals surface area contributed by atoms with Crippen LogP contribution in [-0.2, 0) is 4.79 Å². The Balaban J connectivity index is 1.97. The quantitative estimate of drug-likeness (QED) is 0.758. The van der Waals surface area contributed by atoms with E-state index in [1.807, 2.05) is 0 Å². The van der Waals surface area contributed by atoms with E-state index in [0.717, 1.165) is 0 Å². The Kier molecular flexibility index (Phi) is 5.11. The number of hydrogen-bond donors (Lipinski definition) is 3. The van der Waals surface area contributed by atoms with E-state index in [1.165, 1.54) is 6.26 Å². The lowest BCUT2D eigenvalue weighted by Crippen LogP contribution is -2.14. The van der Waals surface area contributed by atoms with Crippen LogP contribution in [0.1, 0.15) is 23.4 Å². The number of hydrogen-bond acceptors (Lipinski definition) is 4. The number of rotatable bonds is 6. The standard InChI is InChI=1S/C15H17N3O3/c16-8-2-7-14(19)17-11-4-1-5-12(10-11)18-15(20)13-6-3-9-21-13/h1,3-6,9-10H,2,7-8,16H2,(H,17,19)(H,18,20). The first-order valence-corrected chi connectivity index (χ1v) is 6.64. The van der Waals surface area contributed by atoms with Gasteiger partial charge < -0.3 is 20.8 Å². The maximum absolute atomic E-state index is 11.8. The largest absolute Gasteiger partial charge is 0.459 e. The van der Waals surface area contributed by atoms with E-state index in [0.29, 0.717) is 30.8 Å². The fraction of sp³-hybridized carbons (Fsp3) is 0.200. The van der Waals surface area contributed by atoms with Crippen molar-refractivity contribution in [2.45, 2.75) is 12.8 Å². The highest BCUT2D eigenvalue weighted by Gasteiger charge is 2.09. The predicted octanol–water partition coefficient (Wildman–Crippen LogP) is 2.21. The molecule has 6 heteroatoms. The molecule has 0 spiro atoms. The van der Waals surface area contributed by atoms with Gasteiger partial charge in [0, 0.05) is 17.8 Å². The minimum Gasteiger partial charge on any atom is -0.459 e. The average Bonchev–Trinajstić information content (AvgIpc) is 3.00. The molecule has 2 amide bonds. The van der Waals surface area contributed by atoms with E-state index in [4.69, 9.17) is 10.2 Å². The third kappa shape index (κ3) is 4.47. The number of benzene rings is 1. The molecular formula is C15H17N3O3. The van der Waals surface area contributed by atoms with Crippen LogP contribution in [0.15, 0.2) is 47.1 Å². The van der Waals surface area contributed by atoms with Crippen molar-refractivity contribution in [2.24, 2.45) is 5.73 Å². The Bertz CT molecular complexity index is 608. The van der Waals surface area contributed by atoms with Crippen LogP contribution in [0.4, 0.5) is 11.4 Å². The summed E-state index contributed by atoms with van der Waals surface area (Å²) in [4.78, 5) is 23.5. The van der Waals surface area contributed by atoms with Gasteiger partial charge in [0.15, 0.2) is 5.76 Å². The van der Waals surface area contributed by atoms with Crippen LogP contribution in [0.5, 0.6) is 0 Å². The fourth-order valence-electron chi connectivity index (χ4n) is 1.76. The van der Waals surface area contributed by atoms with Crippen LogP contribution in [0.25, 0.3) is 0 Å². The summed E-state index contributed by atoms with van der Waals surface area (Å²) in [5.74, 6) is -0.214. The molecule has 4 N–H and O–H groups in total. The van der Waals surface area contributed by atoms with Crippen LogP contribution in [0.3, 0.4) is 0 Å². The second-order valence-electron chi connectivity index (χ2n) is 4.45.